The molecule has 1 aromatic rings. The average Bonchev–Trinajstić information content (AvgIpc) is 2.66. The number of halogens is 2. The van der Waals surface area contributed by atoms with Crippen LogP contribution in [0.4, 0.5) is 8.78 Å². The first-order valence-corrected chi connectivity index (χ1v) is 10.3. The second-order valence-corrected chi connectivity index (χ2v) is 7.89. The zero-order valence-electron chi connectivity index (χ0n) is 15.8. The molecule has 0 unspecified atom stereocenters. The predicted molar refractivity (Wildman–Crippen MR) is 98.6 cm³/mol. The molecule has 0 saturated heterocycles. The molecule has 1 aromatic carbocycles. The topological polar surface area (TPSA) is 9.23 Å². The van der Waals surface area contributed by atoms with Gasteiger partial charge in [-0.05, 0) is 55.1 Å². The summed E-state index contributed by atoms with van der Waals surface area (Å²) < 4.78 is 35.4. The van der Waals surface area contributed by atoms with Crippen molar-refractivity contribution in [1.82, 2.24) is 0 Å². The quantitative estimate of drug-likeness (QED) is 0.554. The molecule has 1 nitrogen and oxygen atoms in total. The summed E-state index contributed by atoms with van der Waals surface area (Å²) in [4.78, 5) is 0. The molecule has 2 fully saturated rings. The Kier molecular flexibility index (Phi) is 6.35. The van der Waals surface area contributed by atoms with Crippen molar-refractivity contribution in [3.05, 3.63) is 28.3 Å². The van der Waals surface area contributed by atoms with Crippen LogP contribution in [-0.2, 0) is 6.42 Å². The maximum atomic E-state index is 15.2. The molecule has 0 heterocycles. The van der Waals surface area contributed by atoms with Gasteiger partial charge in [0.05, 0.1) is 7.11 Å². The van der Waals surface area contributed by atoms with Gasteiger partial charge in [-0.2, -0.15) is 4.39 Å². The lowest BCUT2D eigenvalue weighted by atomic mass is 9.73. The molecule has 2 aliphatic carbocycles. The van der Waals surface area contributed by atoms with Crippen LogP contribution in [0.1, 0.15) is 106 Å². The summed E-state index contributed by atoms with van der Waals surface area (Å²) in [5.41, 5.74) is 2.80. The number of hydrogen-bond acceptors (Lipinski definition) is 1. The van der Waals surface area contributed by atoms with Crippen molar-refractivity contribution in [3.63, 3.8) is 0 Å². The lowest BCUT2D eigenvalue weighted by molar-refractivity contribution is 0.349. The molecule has 0 radical (unpaired) electrons. The van der Waals surface area contributed by atoms with Gasteiger partial charge in [-0.3, -0.25) is 0 Å². The molecule has 0 amide bonds. The van der Waals surface area contributed by atoms with Gasteiger partial charge in [0, 0.05) is 5.56 Å². The van der Waals surface area contributed by atoms with Gasteiger partial charge in [0.25, 0.3) is 0 Å². The summed E-state index contributed by atoms with van der Waals surface area (Å²) in [5, 5.41) is 0. The zero-order chi connectivity index (χ0) is 17.8. The lowest BCUT2D eigenvalue weighted by Crippen LogP contribution is -2.19. The summed E-state index contributed by atoms with van der Waals surface area (Å²) >= 11 is 0. The molecular weight excluding hydrogens is 318 g/mol. The van der Waals surface area contributed by atoms with Gasteiger partial charge in [-0.25, -0.2) is 4.39 Å². The third-order valence-corrected chi connectivity index (χ3v) is 6.25. The minimum atomic E-state index is -0.758. The Hall–Kier alpha value is -1.12. The van der Waals surface area contributed by atoms with Crippen LogP contribution in [0.3, 0.4) is 0 Å². The van der Waals surface area contributed by atoms with E-state index in [1.165, 1.54) is 32.8 Å². The number of benzene rings is 1. The van der Waals surface area contributed by atoms with Gasteiger partial charge in [0.1, 0.15) is 0 Å². The Morgan fingerprint density at radius 1 is 0.800 bits per heavy atom. The van der Waals surface area contributed by atoms with Crippen molar-refractivity contribution in [3.8, 4) is 5.75 Å². The second kappa shape index (κ2) is 8.51. The van der Waals surface area contributed by atoms with Crippen LogP contribution in [0, 0.1) is 11.6 Å². The van der Waals surface area contributed by atoms with Gasteiger partial charge >= 0.3 is 0 Å². The Labute approximate surface area is 151 Å². The zero-order valence-corrected chi connectivity index (χ0v) is 15.8. The van der Waals surface area contributed by atoms with Crippen LogP contribution in [-0.4, -0.2) is 7.11 Å². The Bertz CT molecular complexity index is 584. The molecule has 2 aliphatic rings. The molecular formula is C22H32F2O. The normalized spacial score (nSPS) is 20.0. The van der Waals surface area contributed by atoms with Crippen LogP contribution in [0.25, 0.3) is 0 Å². The first-order chi connectivity index (χ1) is 12.2. The highest BCUT2D eigenvalue weighted by molar-refractivity contribution is 5.51. The van der Waals surface area contributed by atoms with Crippen molar-refractivity contribution < 1.29 is 13.5 Å². The molecule has 0 spiro atoms. The maximum absolute atomic E-state index is 15.2. The van der Waals surface area contributed by atoms with Crippen molar-refractivity contribution in [2.45, 2.75) is 95.8 Å². The van der Waals surface area contributed by atoms with Gasteiger partial charge in [-0.15, -0.1) is 0 Å². The lowest BCUT2D eigenvalue weighted by Gasteiger charge is -2.33. The van der Waals surface area contributed by atoms with Gasteiger partial charge in [0.15, 0.2) is 11.6 Å². The van der Waals surface area contributed by atoms with E-state index in [0.29, 0.717) is 11.5 Å². The van der Waals surface area contributed by atoms with E-state index in [4.69, 9.17) is 4.74 Å². The van der Waals surface area contributed by atoms with Crippen LogP contribution >= 0.6 is 0 Å². The first kappa shape index (κ1) is 18.7. The van der Waals surface area contributed by atoms with Crippen LogP contribution in [0.2, 0.25) is 0 Å². The average molecular weight is 350 g/mol. The Morgan fingerprint density at radius 2 is 1.32 bits per heavy atom. The summed E-state index contributed by atoms with van der Waals surface area (Å²) in [5.74, 6) is -0.660. The first-order valence-electron chi connectivity index (χ1n) is 10.3. The summed E-state index contributed by atoms with van der Waals surface area (Å²) in [7, 11) is 1.47. The van der Waals surface area contributed by atoms with Crippen molar-refractivity contribution in [2.24, 2.45) is 0 Å². The molecule has 3 rings (SSSR count). The monoisotopic (exact) mass is 350 g/mol. The molecule has 0 bridgehead atoms. The van der Waals surface area contributed by atoms with Crippen molar-refractivity contribution >= 4 is 0 Å². The van der Waals surface area contributed by atoms with Crippen LogP contribution < -0.4 is 4.74 Å². The highest BCUT2D eigenvalue weighted by Gasteiger charge is 2.33. The minimum Gasteiger partial charge on any atom is -0.493 e. The number of hydrogen-bond donors (Lipinski definition) is 0. The number of methoxy groups -OCH3 is 1. The largest absolute Gasteiger partial charge is 0.493 e. The Morgan fingerprint density at radius 3 is 1.80 bits per heavy atom. The van der Waals surface area contributed by atoms with E-state index < -0.39 is 11.6 Å². The SMILES string of the molecule is CCCc1c(OC)c(F)c(F)c(C2CCCCC2)c1C1CCCCC1. The van der Waals surface area contributed by atoms with E-state index in [0.717, 1.165) is 62.5 Å². The van der Waals surface area contributed by atoms with E-state index in [1.807, 2.05) is 0 Å². The Balaban J connectivity index is 2.18. The maximum Gasteiger partial charge on any atom is 0.201 e. The molecule has 25 heavy (non-hydrogen) atoms. The highest BCUT2D eigenvalue weighted by atomic mass is 19.2. The van der Waals surface area contributed by atoms with E-state index >= 15 is 4.39 Å². The molecule has 2 saturated carbocycles. The fraction of sp³-hybridized carbons (Fsp3) is 0.727. The fourth-order valence-corrected chi connectivity index (χ4v) is 5.11. The summed E-state index contributed by atoms with van der Waals surface area (Å²) in [6, 6.07) is 0. The smallest absolute Gasteiger partial charge is 0.201 e. The second-order valence-electron chi connectivity index (χ2n) is 7.89. The molecule has 140 valence electrons. The van der Waals surface area contributed by atoms with E-state index in [2.05, 4.69) is 6.92 Å². The van der Waals surface area contributed by atoms with Crippen molar-refractivity contribution in [2.75, 3.05) is 7.11 Å². The highest BCUT2D eigenvalue weighted by Crippen LogP contribution is 2.47. The van der Waals surface area contributed by atoms with E-state index in [1.54, 1.807) is 0 Å². The van der Waals surface area contributed by atoms with E-state index in [-0.39, 0.29) is 11.7 Å². The number of rotatable bonds is 5. The van der Waals surface area contributed by atoms with Crippen LogP contribution in [0.5, 0.6) is 5.75 Å². The molecule has 0 aliphatic heterocycles. The summed E-state index contributed by atoms with van der Waals surface area (Å²) in [6.07, 6.45) is 13.0. The molecule has 3 heteroatoms. The number of ether oxygens (including phenoxy) is 1. The molecule has 0 aromatic heterocycles. The minimum absolute atomic E-state index is 0.166. The third-order valence-electron chi connectivity index (χ3n) is 6.25. The third kappa shape index (κ3) is 3.71. The van der Waals surface area contributed by atoms with Crippen molar-refractivity contribution in [1.29, 1.82) is 0 Å². The van der Waals surface area contributed by atoms with Gasteiger partial charge in [-0.1, -0.05) is 51.9 Å². The summed E-state index contributed by atoms with van der Waals surface area (Å²) in [6.45, 7) is 2.10. The van der Waals surface area contributed by atoms with Gasteiger partial charge in [0.2, 0.25) is 5.82 Å². The molecule has 0 atom stereocenters. The predicted octanol–water partition coefficient (Wildman–Crippen LogP) is 7.02. The standard InChI is InChI=1S/C22H32F2O/c1-3-10-17-18(15-11-6-4-7-12-15)19(16-13-8-5-9-14-16)20(23)21(24)22(17)25-2/h15-16H,3-14H2,1-2H3. The van der Waals surface area contributed by atoms with E-state index in [9.17, 15) is 4.39 Å². The van der Waals surface area contributed by atoms with Gasteiger partial charge < -0.3 is 4.74 Å². The van der Waals surface area contributed by atoms with Crippen LogP contribution in [0.15, 0.2) is 0 Å². The fourth-order valence-electron chi connectivity index (χ4n) is 5.11. The molecule has 0 N–H and O–H groups in total.